The van der Waals surface area contributed by atoms with Gasteiger partial charge < -0.3 is 18.9 Å². The molecule has 5 atom stereocenters. The van der Waals surface area contributed by atoms with Crippen LogP contribution in [0.5, 0.6) is 0 Å². The fraction of sp³-hybridized carbons (Fsp3) is 1.00. The minimum Gasteiger partial charge on any atom is -0.379 e. The Hall–Kier alpha value is -0.240. The summed E-state index contributed by atoms with van der Waals surface area (Å²) in [4.78, 5) is 5.67. The third-order valence-corrected chi connectivity index (χ3v) is 12.7. The lowest BCUT2D eigenvalue weighted by atomic mass is 9.61. The highest BCUT2D eigenvalue weighted by Crippen LogP contribution is 2.47. The van der Waals surface area contributed by atoms with Crippen LogP contribution in [0.1, 0.15) is 206 Å². The van der Waals surface area contributed by atoms with Crippen LogP contribution in [0.15, 0.2) is 0 Å². The molecule has 1 aliphatic rings. The number of hydrogen-bond donors (Lipinski definition) is 3. The number of unbranched alkanes of at least 4 members (excludes halogenated alkanes) is 17. The number of nitrogens with one attached hydrogen (secondary N) is 2. The number of hydroxylamine groups is 1. The van der Waals surface area contributed by atoms with Gasteiger partial charge in [0.15, 0.2) is 0 Å². The van der Waals surface area contributed by atoms with Crippen LogP contribution in [-0.2, 0) is 4.84 Å². The molecule has 0 aromatic heterocycles. The first-order valence-electron chi connectivity index (χ1n) is 24.3. The second kappa shape index (κ2) is 33.7. The summed E-state index contributed by atoms with van der Waals surface area (Å²) in [5, 5.41) is 13.7. The van der Waals surface area contributed by atoms with Crippen molar-refractivity contribution in [2.45, 2.75) is 213 Å². The van der Waals surface area contributed by atoms with E-state index in [0.29, 0.717) is 0 Å². The number of aliphatic hydroxyl groups excluding tert-OH is 1. The molecule has 5 unspecified atom stereocenters. The molecule has 0 heterocycles. The molecule has 0 amide bonds. The summed E-state index contributed by atoms with van der Waals surface area (Å²) in [6.45, 7) is 9.79. The summed E-state index contributed by atoms with van der Waals surface area (Å²) in [7, 11) is 13.5. The van der Waals surface area contributed by atoms with Gasteiger partial charge in [0, 0.05) is 25.9 Å². The fourth-order valence-electron chi connectivity index (χ4n) is 9.40. The summed E-state index contributed by atoms with van der Waals surface area (Å²) in [6, 6.07) is 0. The maximum atomic E-state index is 10.4. The number of aliphatic hydroxyl groups is 1. The van der Waals surface area contributed by atoms with Gasteiger partial charge in [0.25, 0.3) is 0 Å². The summed E-state index contributed by atoms with van der Waals surface area (Å²) in [6.07, 6.45) is 40.9. The van der Waals surface area contributed by atoms with Crippen molar-refractivity contribution in [3.8, 4) is 0 Å². The molecule has 0 saturated heterocycles. The van der Waals surface area contributed by atoms with E-state index in [9.17, 15) is 5.11 Å². The molecule has 0 bridgehead atoms. The fourth-order valence-corrected chi connectivity index (χ4v) is 9.40. The van der Waals surface area contributed by atoms with Crippen molar-refractivity contribution >= 4 is 0 Å². The standard InChI is InChI=1S/C48H102N4O2/c1-9-11-13-24-32-44-37-38-45(33-25-20-19-22-28-36-48(53)49-39-30-41-51(3,4)5)47(46(44)34-26-14-12-10-2)35-27-21-17-15-16-18-23-29-43-54-50-40-31-42-52(6,7)8/h44-50,53H,9-43H2,1-8H3/q+2. The summed E-state index contributed by atoms with van der Waals surface area (Å²) in [5.74, 6) is 3.95. The summed E-state index contributed by atoms with van der Waals surface area (Å²) in [5.41, 5.74) is 3.16. The van der Waals surface area contributed by atoms with E-state index in [4.69, 9.17) is 4.84 Å². The van der Waals surface area contributed by atoms with Crippen molar-refractivity contribution in [2.24, 2.45) is 23.7 Å². The highest BCUT2D eigenvalue weighted by atomic mass is 16.6. The third-order valence-electron chi connectivity index (χ3n) is 12.7. The molecule has 6 nitrogen and oxygen atoms in total. The number of nitrogens with zero attached hydrogens (tertiary/aromatic N) is 2. The van der Waals surface area contributed by atoms with Crippen molar-refractivity contribution in [3.63, 3.8) is 0 Å². The van der Waals surface area contributed by atoms with E-state index in [2.05, 4.69) is 66.9 Å². The van der Waals surface area contributed by atoms with Crippen molar-refractivity contribution < 1.29 is 18.9 Å². The lowest BCUT2D eigenvalue weighted by molar-refractivity contribution is -0.870. The van der Waals surface area contributed by atoms with Gasteiger partial charge in [-0.1, -0.05) is 149 Å². The van der Waals surface area contributed by atoms with Gasteiger partial charge in [-0.25, -0.2) is 5.48 Å². The molecule has 6 heteroatoms. The molecule has 3 N–H and O–H groups in total. The van der Waals surface area contributed by atoms with E-state index in [0.717, 1.165) is 84.6 Å². The van der Waals surface area contributed by atoms with E-state index in [1.54, 1.807) is 0 Å². The van der Waals surface area contributed by atoms with E-state index >= 15 is 0 Å². The zero-order valence-electron chi connectivity index (χ0n) is 38.4. The SMILES string of the molecule is CCCCCCC1CCC(CCCCCCCC(O)NCCC[N+](C)(C)C)C(CCCCCCCCCCONCCC[N+](C)(C)C)C1CCCCCC. The summed E-state index contributed by atoms with van der Waals surface area (Å²) < 4.78 is 2.01. The third kappa shape index (κ3) is 30.8. The average molecular weight is 767 g/mol. The van der Waals surface area contributed by atoms with Crippen molar-refractivity contribution in [2.75, 3.05) is 75.1 Å². The molecule has 54 heavy (non-hydrogen) atoms. The lowest BCUT2D eigenvalue weighted by Gasteiger charge is -2.44. The van der Waals surface area contributed by atoms with Gasteiger partial charge in [0.05, 0.1) is 62.0 Å². The first kappa shape index (κ1) is 51.8. The summed E-state index contributed by atoms with van der Waals surface area (Å²) >= 11 is 0. The molecular formula is C48H102N4O2+2. The normalized spacial score (nSPS) is 20.2. The molecule has 0 aromatic carbocycles. The van der Waals surface area contributed by atoms with Crippen molar-refractivity contribution in [3.05, 3.63) is 0 Å². The smallest absolute Gasteiger partial charge is 0.104 e. The van der Waals surface area contributed by atoms with Gasteiger partial charge in [-0.3, -0.25) is 5.32 Å². The van der Waals surface area contributed by atoms with Crippen LogP contribution in [-0.4, -0.2) is 95.4 Å². The second-order valence-electron chi connectivity index (χ2n) is 20.0. The van der Waals surface area contributed by atoms with Gasteiger partial charge in [0.2, 0.25) is 0 Å². The predicted molar refractivity (Wildman–Crippen MR) is 238 cm³/mol. The largest absolute Gasteiger partial charge is 0.379 e. The molecule has 1 saturated carbocycles. The first-order valence-corrected chi connectivity index (χ1v) is 24.3. The highest BCUT2D eigenvalue weighted by Gasteiger charge is 2.37. The van der Waals surface area contributed by atoms with Crippen LogP contribution in [0.4, 0.5) is 0 Å². The molecule has 0 aromatic rings. The van der Waals surface area contributed by atoms with E-state index < -0.39 is 0 Å². The Balaban J connectivity index is 2.47. The average Bonchev–Trinajstić information content (AvgIpc) is 3.11. The molecule has 0 spiro atoms. The van der Waals surface area contributed by atoms with Crippen LogP contribution in [0.25, 0.3) is 0 Å². The molecule has 0 aliphatic heterocycles. The van der Waals surface area contributed by atoms with Crippen LogP contribution in [0.3, 0.4) is 0 Å². The monoisotopic (exact) mass is 767 g/mol. The van der Waals surface area contributed by atoms with E-state index in [-0.39, 0.29) is 6.23 Å². The number of quaternary nitrogens is 2. The maximum Gasteiger partial charge on any atom is 0.104 e. The van der Waals surface area contributed by atoms with Crippen LogP contribution < -0.4 is 10.8 Å². The molecular weight excluding hydrogens is 665 g/mol. The van der Waals surface area contributed by atoms with Crippen LogP contribution in [0, 0.1) is 23.7 Å². The van der Waals surface area contributed by atoms with E-state index in [1.165, 1.54) is 173 Å². The van der Waals surface area contributed by atoms with E-state index in [1.807, 2.05) is 0 Å². The molecule has 0 radical (unpaired) electrons. The number of hydrogen-bond acceptors (Lipinski definition) is 4. The minimum atomic E-state index is -0.328. The second-order valence-corrected chi connectivity index (χ2v) is 20.0. The first-order chi connectivity index (χ1) is 26.0. The van der Waals surface area contributed by atoms with Crippen molar-refractivity contribution in [1.29, 1.82) is 0 Å². The molecule has 1 fully saturated rings. The van der Waals surface area contributed by atoms with Gasteiger partial charge >= 0.3 is 0 Å². The Morgan fingerprint density at radius 1 is 0.500 bits per heavy atom. The Kier molecular flexibility index (Phi) is 32.3. The van der Waals surface area contributed by atoms with Crippen molar-refractivity contribution in [1.82, 2.24) is 10.8 Å². The van der Waals surface area contributed by atoms with Crippen LogP contribution >= 0.6 is 0 Å². The molecule has 1 aliphatic carbocycles. The van der Waals surface area contributed by atoms with Gasteiger partial charge in [0.1, 0.15) is 6.23 Å². The molecule has 1 rings (SSSR count). The topological polar surface area (TPSA) is 53.5 Å². The quantitative estimate of drug-likeness (QED) is 0.0252. The van der Waals surface area contributed by atoms with Gasteiger partial charge in [-0.05, 0) is 68.6 Å². The predicted octanol–water partition coefficient (Wildman–Crippen LogP) is 12.0. The molecule has 324 valence electrons. The minimum absolute atomic E-state index is 0.328. The Morgan fingerprint density at radius 3 is 1.39 bits per heavy atom. The highest BCUT2D eigenvalue weighted by molar-refractivity contribution is 4.88. The Morgan fingerprint density at radius 2 is 0.907 bits per heavy atom. The van der Waals surface area contributed by atoms with Crippen LogP contribution in [0.2, 0.25) is 0 Å². The zero-order valence-corrected chi connectivity index (χ0v) is 38.4. The van der Waals surface area contributed by atoms with Gasteiger partial charge in [-0.2, -0.15) is 0 Å². The lowest BCUT2D eigenvalue weighted by Crippen LogP contribution is -2.38. The van der Waals surface area contributed by atoms with Gasteiger partial charge in [-0.15, -0.1) is 0 Å². The number of rotatable bonds is 39. The zero-order chi connectivity index (χ0) is 39.8. The Labute approximate surface area is 340 Å². The Bertz CT molecular complexity index is 797. The maximum absolute atomic E-state index is 10.4.